The van der Waals surface area contributed by atoms with Gasteiger partial charge in [-0.15, -0.1) is 0 Å². The summed E-state index contributed by atoms with van der Waals surface area (Å²) >= 11 is 0. The third kappa shape index (κ3) is 30.3. The quantitative estimate of drug-likeness (QED) is 0.0386. The summed E-state index contributed by atoms with van der Waals surface area (Å²) < 4.78 is 47.2. The van der Waals surface area contributed by atoms with E-state index in [1.165, 1.54) is 148 Å². The lowest BCUT2D eigenvalue weighted by Gasteiger charge is -2.48. The van der Waals surface area contributed by atoms with E-state index in [9.17, 15) is 81.1 Å². The van der Waals surface area contributed by atoms with Crippen molar-refractivity contribution in [2.24, 2.45) is 0 Å². The predicted octanol–water partition coefficient (Wildman–Crippen LogP) is 3.71. The van der Waals surface area contributed by atoms with E-state index in [1.807, 2.05) is 0 Å². The minimum Gasteiger partial charge on any atom is -0.394 e. The second kappa shape index (κ2) is 48.8. The van der Waals surface area contributed by atoms with Gasteiger partial charge >= 0.3 is 0 Å². The van der Waals surface area contributed by atoms with E-state index in [0.29, 0.717) is 12.8 Å². The van der Waals surface area contributed by atoms with Gasteiger partial charge in [-0.25, -0.2) is 0 Å². The van der Waals surface area contributed by atoms with E-state index in [4.69, 9.17) is 37.9 Å². The van der Waals surface area contributed by atoms with Gasteiger partial charge in [-0.05, 0) is 19.8 Å². The molecule has 0 spiro atoms. The molecule has 4 fully saturated rings. The van der Waals surface area contributed by atoms with Crippen molar-refractivity contribution in [2.45, 2.75) is 400 Å². The Hall–Kier alpha value is -1.94. The van der Waals surface area contributed by atoms with Crippen LogP contribution in [0.15, 0.2) is 0 Å². The maximum atomic E-state index is 13.7. The largest absolute Gasteiger partial charge is 0.394 e. The van der Waals surface area contributed by atoms with Crippen molar-refractivity contribution in [1.82, 2.24) is 10.6 Å². The number of unbranched alkanes of at least 4 members (excludes halogenated alkanes) is 31. The van der Waals surface area contributed by atoms with Gasteiger partial charge in [0.2, 0.25) is 11.8 Å². The molecule has 0 radical (unpaired) electrons. The lowest BCUT2D eigenvalue weighted by atomic mass is 9.95. The zero-order valence-corrected chi connectivity index (χ0v) is 57.8. The van der Waals surface area contributed by atoms with E-state index in [1.54, 1.807) is 0 Å². The Bertz CT molecular complexity index is 1960. The van der Waals surface area contributed by atoms with Gasteiger partial charge < -0.3 is 120 Å². The fraction of sp³-hybridized carbons (Fsp3) is 0.971. The number of carbonyl (C=O) groups is 2. The summed E-state index contributed by atoms with van der Waals surface area (Å²) in [5.74, 6) is -1.55. The molecule has 0 aromatic heterocycles. The van der Waals surface area contributed by atoms with Crippen LogP contribution in [0.3, 0.4) is 0 Å². The van der Waals surface area contributed by atoms with Crippen LogP contribution < -0.4 is 10.6 Å². The number of hydrogen-bond donors (Lipinski definition) is 16. The minimum absolute atomic E-state index is 0.124. The van der Waals surface area contributed by atoms with Crippen molar-refractivity contribution in [3.63, 3.8) is 0 Å². The van der Waals surface area contributed by atoms with Crippen LogP contribution in [0, 0.1) is 0 Å². The van der Waals surface area contributed by atoms with Gasteiger partial charge in [0.1, 0.15) is 104 Å². The lowest BCUT2D eigenvalue weighted by molar-refractivity contribution is -0.373. The Balaban J connectivity index is 1.39. The first kappa shape index (κ1) is 85.5. The highest BCUT2D eigenvalue weighted by Gasteiger charge is 2.54. The summed E-state index contributed by atoms with van der Waals surface area (Å²) in [5.41, 5.74) is 0. The zero-order valence-electron chi connectivity index (χ0n) is 57.8. The van der Waals surface area contributed by atoms with Gasteiger partial charge in [0.05, 0.1) is 44.7 Å². The normalized spacial score (nSPS) is 32.6. The first-order valence-electron chi connectivity index (χ1n) is 36.8. The van der Waals surface area contributed by atoms with E-state index < -0.39 is 185 Å². The first-order chi connectivity index (χ1) is 45.7. The molecule has 2 amide bonds. The van der Waals surface area contributed by atoms with Crippen LogP contribution in [0.5, 0.6) is 0 Å². The van der Waals surface area contributed by atoms with E-state index in [-0.39, 0.29) is 12.8 Å². The number of rotatable bonds is 52. The molecule has 26 heteroatoms. The molecule has 24 atom stereocenters. The molecule has 4 aliphatic heterocycles. The smallest absolute Gasteiger partial charge is 0.249 e. The van der Waals surface area contributed by atoms with E-state index in [0.717, 1.165) is 64.7 Å². The molecule has 4 saturated heterocycles. The summed E-state index contributed by atoms with van der Waals surface area (Å²) in [5, 5.41) is 159. The average Bonchev–Trinajstić information content (AvgIpc) is 0.792. The standard InChI is InChI=1S/C69H130N2O24/c1-5-7-9-11-13-15-17-19-21-22-23-24-25-27-29-31-33-35-37-39-48(76)65(87)71-46(54(78)47(75)38-36-34-32-30-28-26-20-18-16-14-12-10-8-6-2)42-88-69-64(60(84)55(79)49(40-72)92-69)95-68-62(86)59(83)56(80)51(93-68)43-89-66-52(70-45(4)74)63(57(81)50(41-73)91-66)94-67-61(85)58(82)53(77)44(3)90-67/h44,46-64,66-69,72-73,75-86H,5-43H2,1-4H3,(H,70,74)(H,71,87). The van der Waals surface area contributed by atoms with Crippen LogP contribution in [0.2, 0.25) is 0 Å². The molecule has 24 unspecified atom stereocenters. The molecule has 0 aromatic carbocycles. The van der Waals surface area contributed by atoms with Gasteiger partial charge in [-0.3, -0.25) is 9.59 Å². The molecule has 0 aliphatic carbocycles. The van der Waals surface area contributed by atoms with Crippen LogP contribution in [0.1, 0.15) is 252 Å². The molecule has 16 N–H and O–H groups in total. The number of amides is 2. The van der Waals surface area contributed by atoms with Crippen LogP contribution in [0.25, 0.3) is 0 Å². The zero-order chi connectivity index (χ0) is 69.7. The van der Waals surface area contributed by atoms with Crippen molar-refractivity contribution in [3.8, 4) is 0 Å². The third-order valence-corrected chi connectivity index (χ3v) is 19.3. The van der Waals surface area contributed by atoms with E-state index >= 15 is 0 Å². The molecule has 4 heterocycles. The Labute approximate surface area is 565 Å². The van der Waals surface area contributed by atoms with Crippen LogP contribution in [-0.2, 0) is 47.5 Å². The highest BCUT2D eigenvalue weighted by molar-refractivity contribution is 5.80. The van der Waals surface area contributed by atoms with Crippen molar-refractivity contribution in [2.75, 3.05) is 26.4 Å². The minimum atomic E-state index is -2.10. The van der Waals surface area contributed by atoms with Crippen LogP contribution >= 0.6 is 0 Å². The third-order valence-electron chi connectivity index (χ3n) is 19.3. The Morgan fingerprint density at radius 3 is 1.27 bits per heavy atom. The second-order valence-corrected chi connectivity index (χ2v) is 27.4. The maximum Gasteiger partial charge on any atom is 0.249 e. The molecule has 95 heavy (non-hydrogen) atoms. The molecule has 560 valence electrons. The van der Waals surface area contributed by atoms with Gasteiger partial charge in [0.25, 0.3) is 0 Å². The topological polar surface area (TPSA) is 415 Å². The summed E-state index contributed by atoms with van der Waals surface area (Å²) in [6.07, 6.45) is 0.805. The number of ether oxygens (including phenoxy) is 8. The fourth-order valence-electron chi connectivity index (χ4n) is 13.1. The number of carbonyl (C=O) groups excluding carboxylic acids is 2. The van der Waals surface area contributed by atoms with Gasteiger partial charge in [-0.2, -0.15) is 0 Å². The summed E-state index contributed by atoms with van der Waals surface area (Å²) in [7, 11) is 0. The molecule has 4 aliphatic rings. The molecule has 0 saturated carbocycles. The van der Waals surface area contributed by atoms with Gasteiger partial charge in [0, 0.05) is 6.92 Å². The summed E-state index contributed by atoms with van der Waals surface area (Å²) in [6, 6.07) is -2.93. The number of aliphatic hydroxyl groups is 14. The Kier molecular flexibility index (Phi) is 43.9. The van der Waals surface area contributed by atoms with Gasteiger partial charge in [0.15, 0.2) is 25.2 Å². The summed E-state index contributed by atoms with van der Waals surface area (Å²) in [4.78, 5) is 26.3. The maximum absolute atomic E-state index is 13.7. The molecular weight excluding hydrogens is 1240 g/mol. The molecule has 4 rings (SSSR count). The van der Waals surface area contributed by atoms with Crippen LogP contribution in [-0.4, -0.2) is 257 Å². The monoisotopic (exact) mass is 1370 g/mol. The molecule has 26 nitrogen and oxygen atoms in total. The Morgan fingerprint density at radius 2 is 0.811 bits per heavy atom. The van der Waals surface area contributed by atoms with Gasteiger partial charge in [-0.1, -0.05) is 226 Å². The number of aliphatic hydroxyl groups excluding tert-OH is 14. The number of nitrogens with one attached hydrogen (secondary N) is 2. The van der Waals surface area contributed by atoms with Crippen molar-refractivity contribution in [1.29, 1.82) is 0 Å². The molecule has 0 bridgehead atoms. The average molecular weight is 1370 g/mol. The fourth-order valence-corrected chi connectivity index (χ4v) is 13.1. The lowest BCUT2D eigenvalue weighted by Crippen LogP contribution is -2.68. The summed E-state index contributed by atoms with van der Waals surface area (Å²) in [6.45, 7) is 3.80. The van der Waals surface area contributed by atoms with Crippen molar-refractivity contribution < 1.29 is 119 Å². The Morgan fingerprint density at radius 1 is 0.421 bits per heavy atom. The first-order valence-corrected chi connectivity index (χ1v) is 36.8. The molecular formula is C69H130N2O24. The van der Waals surface area contributed by atoms with E-state index in [2.05, 4.69) is 24.5 Å². The van der Waals surface area contributed by atoms with Crippen molar-refractivity contribution in [3.05, 3.63) is 0 Å². The number of hydrogen-bond acceptors (Lipinski definition) is 24. The van der Waals surface area contributed by atoms with Crippen molar-refractivity contribution >= 4 is 11.8 Å². The second-order valence-electron chi connectivity index (χ2n) is 27.4. The SMILES string of the molecule is CCCCCCCCCCCCCCCCCCCCCC(O)C(=O)NC(COC1OC(CO)C(O)C(O)C1OC1OC(COC2OC(CO)C(O)C(OC3OC(C)C(O)C(O)C3O)C2NC(C)=O)C(O)C(O)C1O)C(O)C(O)CCCCCCCCCCCCCCCC. The highest BCUT2D eigenvalue weighted by Crippen LogP contribution is 2.34. The highest BCUT2D eigenvalue weighted by atomic mass is 16.8. The van der Waals surface area contributed by atoms with Crippen LogP contribution in [0.4, 0.5) is 0 Å². The predicted molar refractivity (Wildman–Crippen MR) is 351 cm³/mol. The molecule has 0 aromatic rings.